The summed E-state index contributed by atoms with van der Waals surface area (Å²) in [6.45, 7) is 0. The van der Waals surface area contributed by atoms with Crippen molar-refractivity contribution in [3.05, 3.63) is 121 Å². The molecule has 0 unspecified atom stereocenters. The maximum absolute atomic E-state index is 12.3. The third-order valence-corrected chi connectivity index (χ3v) is 8.57. The van der Waals surface area contributed by atoms with Crippen molar-refractivity contribution in [2.75, 3.05) is 0 Å². The van der Waals surface area contributed by atoms with Gasteiger partial charge in [-0.05, 0) is 58.8 Å². The van der Waals surface area contributed by atoms with E-state index >= 15 is 0 Å². The highest BCUT2D eigenvalue weighted by Crippen LogP contribution is 2.36. The molecule has 0 aliphatic heterocycles. The van der Waals surface area contributed by atoms with Crippen molar-refractivity contribution in [3.8, 4) is 11.1 Å². The molecule has 5 rings (SSSR count). The molecule has 0 saturated carbocycles. The van der Waals surface area contributed by atoms with Gasteiger partial charge in [0.05, 0.1) is 10.9 Å². The second kappa shape index (κ2) is 8.87. The van der Waals surface area contributed by atoms with Gasteiger partial charge in [-0.15, -0.1) is 0 Å². The van der Waals surface area contributed by atoms with Gasteiger partial charge in [-0.1, -0.05) is 72.8 Å². The summed E-state index contributed by atoms with van der Waals surface area (Å²) in [6.07, 6.45) is 0. The number of fused-ring (bicyclic) bond motifs is 1. The van der Waals surface area contributed by atoms with E-state index < -0.39 is 10.1 Å². The Balaban J connectivity index is 1.72. The number of rotatable bonds is 5. The monoisotopic (exact) mass is 469 g/mol. The van der Waals surface area contributed by atoms with Crippen LogP contribution in [-0.4, -0.2) is 13.0 Å². The average molecular weight is 470 g/mol. The smallest absolute Gasteiger partial charge is 0.282 e. The summed E-state index contributed by atoms with van der Waals surface area (Å²) in [5.41, 5.74) is 1.23. The lowest BCUT2D eigenvalue weighted by atomic mass is 10.0. The van der Waals surface area contributed by atoms with Gasteiger partial charge in [0.15, 0.2) is 14.7 Å². The molecule has 0 heterocycles. The molecule has 162 valence electrons. The van der Waals surface area contributed by atoms with Gasteiger partial charge in [0.1, 0.15) is 4.90 Å². The molecule has 0 atom stereocenters. The molecule has 5 aromatic carbocycles. The Morgan fingerprint density at radius 2 is 1.06 bits per heavy atom. The Bertz CT molecular complexity index is 1490. The SMILES string of the molecule is O=S(=O)(O)c1cc2ccccc2cc1-c1cccc([S+](c2ccccc2)c2ccccc2)c1. The van der Waals surface area contributed by atoms with Crippen LogP contribution in [0.25, 0.3) is 21.9 Å². The first-order valence-corrected chi connectivity index (χ1v) is 13.1. The van der Waals surface area contributed by atoms with E-state index in [0.717, 1.165) is 21.2 Å². The number of benzene rings is 5. The largest absolute Gasteiger partial charge is 0.295 e. The zero-order valence-corrected chi connectivity index (χ0v) is 19.3. The molecule has 0 amide bonds. The normalized spacial score (nSPS) is 11.7. The summed E-state index contributed by atoms with van der Waals surface area (Å²) in [7, 11) is -4.77. The van der Waals surface area contributed by atoms with E-state index in [1.807, 2.05) is 84.9 Å². The van der Waals surface area contributed by atoms with Crippen molar-refractivity contribution in [2.45, 2.75) is 19.6 Å². The topological polar surface area (TPSA) is 54.4 Å². The van der Waals surface area contributed by atoms with Crippen LogP contribution in [0.2, 0.25) is 0 Å². The van der Waals surface area contributed by atoms with Crippen LogP contribution in [0.4, 0.5) is 0 Å². The molecule has 0 saturated heterocycles. The van der Waals surface area contributed by atoms with Crippen molar-refractivity contribution in [1.29, 1.82) is 0 Å². The molecular formula is C28H21O3S2+. The van der Waals surface area contributed by atoms with Crippen molar-refractivity contribution >= 4 is 31.8 Å². The highest BCUT2D eigenvalue weighted by Gasteiger charge is 2.29. The van der Waals surface area contributed by atoms with E-state index in [1.165, 1.54) is 9.79 Å². The lowest BCUT2D eigenvalue weighted by molar-refractivity contribution is 0.483. The molecule has 5 aromatic rings. The summed E-state index contributed by atoms with van der Waals surface area (Å²) >= 11 is 0. The molecule has 5 heteroatoms. The van der Waals surface area contributed by atoms with E-state index in [-0.39, 0.29) is 15.8 Å². The summed E-state index contributed by atoms with van der Waals surface area (Å²) < 4.78 is 34.6. The maximum Gasteiger partial charge on any atom is 0.295 e. The van der Waals surface area contributed by atoms with Crippen LogP contribution in [0.5, 0.6) is 0 Å². The first-order valence-electron chi connectivity index (χ1n) is 10.5. The first kappa shape index (κ1) is 21.5. The molecule has 0 aliphatic rings. The van der Waals surface area contributed by atoms with E-state index in [0.29, 0.717) is 5.56 Å². The summed E-state index contributed by atoms with van der Waals surface area (Å²) in [6, 6.07) is 39.4. The third kappa shape index (κ3) is 4.44. The van der Waals surface area contributed by atoms with Gasteiger partial charge in [0.2, 0.25) is 0 Å². The molecule has 0 fully saturated rings. The Morgan fingerprint density at radius 1 is 0.545 bits per heavy atom. The van der Waals surface area contributed by atoms with E-state index in [1.54, 1.807) is 6.07 Å². The minimum Gasteiger partial charge on any atom is -0.282 e. The molecule has 0 radical (unpaired) electrons. The summed E-state index contributed by atoms with van der Waals surface area (Å²) in [4.78, 5) is 3.33. The molecule has 0 aliphatic carbocycles. The van der Waals surface area contributed by atoms with Crippen molar-refractivity contribution in [2.24, 2.45) is 0 Å². The van der Waals surface area contributed by atoms with Gasteiger partial charge < -0.3 is 0 Å². The minimum atomic E-state index is -4.41. The molecule has 1 N–H and O–H groups in total. The van der Waals surface area contributed by atoms with Crippen LogP contribution in [0.1, 0.15) is 0 Å². The van der Waals surface area contributed by atoms with Gasteiger partial charge in [-0.3, -0.25) is 4.55 Å². The lowest BCUT2D eigenvalue weighted by Gasteiger charge is -2.12. The van der Waals surface area contributed by atoms with Crippen LogP contribution in [0.15, 0.2) is 141 Å². The number of hydrogen-bond acceptors (Lipinski definition) is 2. The van der Waals surface area contributed by atoms with Gasteiger partial charge in [-0.2, -0.15) is 8.42 Å². The van der Waals surface area contributed by atoms with Gasteiger partial charge in [0, 0.05) is 11.6 Å². The Kier molecular flexibility index (Phi) is 5.77. The summed E-state index contributed by atoms with van der Waals surface area (Å²) in [5.74, 6) is 0. The van der Waals surface area contributed by atoms with E-state index in [4.69, 9.17) is 0 Å². The summed E-state index contributed by atoms with van der Waals surface area (Å²) in [5, 5.41) is 1.67. The predicted octanol–water partition coefficient (Wildman–Crippen LogP) is 6.85. The van der Waals surface area contributed by atoms with Gasteiger partial charge >= 0.3 is 0 Å². The van der Waals surface area contributed by atoms with Gasteiger partial charge in [0.25, 0.3) is 10.1 Å². The highest BCUT2D eigenvalue weighted by atomic mass is 32.2. The minimum absolute atomic E-state index is 0.0855. The van der Waals surface area contributed by atoms with Crippen LogP contribution in [0.3, 0.4) is 0 Å². The van der Waals surface area contributed by atoms with Crippen LogP contribution in [0, 0.1) is 0 Å². The maximum atomic E-state index is 12.3. The molecule has 0 aromatic heterocycles. The first-order chi connectivity index (χ1) is 16.0. The fourth-order valence-electron chi connectivity index (χ4n) is 3.97. The van der Waals surface area contributed by atoms with E-state index in [2.05, 4.69) is 30.3 Å². The standard InChI is InChI=1S/C28H20O3S2/c29-33(30,31)28-20-22-11-8-7-10-21(22)19-27(28)23-12-9-17-26(18-23)32(24-13-3-1-4-14-24)25-15-5-2-6-16-25/h1-20H/p+1. The van der Waals surface area contributed by atoms with Crippen molar-refractivity contribution in [3.63, 3.8) is 0 Å². The zero-order valence-electron chi connectivity index (χ0n) is 17.6. The molecule has 3 nitrogen and oxygen atoms in total. The second-order valence-corrected chi connectivity index (χ2v) is 11.0. The highest BCUT2D eigenvalue weighted by molar-refractivity contribution is 7.97. The Morgan fingerprint density at radius 3 is 1.64 bits per heavy atom. The fourth-order valence-corrected chi connectivity index (χ4v) is 6.84. The van der Waals surface area contributed by atoms with Crippen molar-refractivity contribution < 1.29 is 13.0 Å². The zero-order chi connectivity index (χ0) is 22.8. The lowest BCUT2D eigenvalue weighted by Crippen LogP contribution is -2.05. The molecule has 0 spiro atoms. The average Bonchev–Trinajstić information content (AvgIpc) is 2.84. The van der Waals surface area contributed by atoms with Crippen molar-refractivity contribution in [1.82, 2.24) is 0 Å². The Labute approximate surface area is 196 Å². The molecular weight excluding hydrogens is 448 g/mol. The predicted molar refractivity (Wildman–Crippen MR) is 134 cm³/mol. The quantitative estimate of drug-likeness (QED) is 0.226. The van der Waals surface area contributed by atoms with Gasteiger partial charge in [-0.25, -0.2) is 0 Å². The third-order valence-electron chi connectivity index (χ3n) is 5.46. The fraction of sp³-hybridized carbons (Fsp3) is 0. The Hall–Kier alpha value is -3.38. The molecule has 0 bridgehead atoms. The number of hydrogen-bond donors (Lipinski definition) is 1. The van der Waals surface area contributed by atoms with E-state index in [9.17, 15) is 13.0 Å². The van der Waals surface area contributed by atoms with Crippen LogP contribution >= 0.6 is 0 Å². The second-order valence-electron chi connectivity index (χ2n) is 7.63. The van der Waals surface area contributed by atoms with Crippen LogP contribution in [-0.2, 0) is 21.0 Å². The van der Waals surface area contributed by atoms with Crippen LogP contribution < -0.4 is 0 Å². The molecule has 33 heavy (non-hydrogen) atoms.